The van der Waals surface area contributed by atoms with E-state index >= 15 is 0 Å². The van der Waals surface area contributed by atoms with Crippen LogP contribution in [0.2, 0.25) is 0 Å². The molecule has 0 radical (unpaired) electrons. The third kappa shape index (κ3) is 7.43. The summed E-state index contributed by atoms with van der Waals surface area (Å²) in [7, 11) is -6.00. The third-order valence-corrected chi connectivity index (χ3v) is 5.36. The molecule has 9 heteroatoms. The molecule has 0 bridgehead atoms. The maximum Gasteiger partial charge on any atom is 0.673 e. The molecule has 0 aliphatic carbocycles. The van der Waals surface area contributed by atoms with Gasteiger partial charge >= 0.3 is 13.2 Å². The van der Waals surface area contributed by atoms with Crippen molar-refractivity contribution in [3.8, 4) is 17.1 Å². The van der Waals surface area contributed by atoms with E-state index < -0.39 is 7.25 Å². The van der Waals surface area contributed by atoms with Gasteiger partial charge in [0.05, 0.1) is 17.0 Å². The number of rotatable bonds is 4. The normalized spacial score (nSPS) is 11.6. The largest absolute Gasteiger partial charge is 0.673 e. The number of ether oxygens (including phenoxy) is 1. The maximum atomic E-state index is 12.4. The van der Waals surface area contributed by atoms with E-state index in [2.05, 4.69) is 4.99 Å². The molecule has 5 rings (SSSR count). The molecule has 0 atom stereocenters. The number of carbonyl (C=O) groups excluding carboxylic acids is 1. The highest BCUT2D eigenvalue weighted by Crippen LogP contribution is 2.21. The molecular formula is C29H22BF4NO3. The van der Waals surface area contributed by atoms with Crippen LogP contribution >= 0.6 is 0 Å². The zero-order chi connectivity index (χ0) is 27.1. The SMILES string of the molecule is Cc1ccc(C(=O)Oc2ccc([NH+]=c3cc(-c4ccccc4)oc4ccccc34)cc2)cc1.F[B-](F)(F)F. The van der Waals surface area contributed by atoms with Gasteiger partial charge in [0.25, 0.3) is 0 Å². The van der Waals surface area contributed by atoms with Crippen molar-refractivity contribution in [3.05, 3.63) is 126 Å². The molecule has 192 valence electrons. The van der Waals surface area contributed by atoms with Gasteiger partial charge in [-0.25, -0.2) is 9.79 Å². The molecule has 1 N–H and O–H groups in total. The van der Waals surface area contributed by atoms with E-state index in [1.54, 1.807) is 24.3 Å². The second kappa shape index (κ2) is 11.6. The van der Waals surface area contributed by atoms with Crippen LogP contribution in [-0.4, -0.2) is 13.2 Å². The fourth-order valence-electron chi connectivity index (χ4n) is 3.60. The van der Waals surface area contributed by atoms with Crippen molar-refractivity contribution >= 4 is 29.9 Å². The van der Waals surface area contributed by atoms with Crippen LogP contribution in [0, 0.1) is 6.92 Å². The van der Waals surface area contributed by atoms with E-state index in [-0.39, 0.29) is 5.97 Å². The molecular weight excluding hydrogens is 497 g/mol. The van der Waals surface area contributed by atoms with Crippen molar-refractivity contribution in [1.82, 2.24) is 0 Å². The summed E-state index contributed by atoms with van der Waals surface area (Å²) in [4.78, 5) is 15.8. The average Bonchev–Trinajstić information content (AvgIpc) is 2.89. The molecule has 1 heterocycles. The molecule has 0 saturated carbocycles. The standard InChI is InChI=1S/C29H21NO3.BF4/c1-20-11-13-22(14-12-20)29(31)32-24-17-15-23(16-18-24)30-26-19-28(21-7-3-2-4-8-21)33-27-10-6-5-9-25(26)27;2-1(3,4)5/h2-19H,1H3;/q;-1/p+1. The predicted molar refractivity (Wildman–Crippen MR) is 138 cm³/mol. The minimum atomic E-state index is -6.00. The topological polar surface area (TPSA) is 53.4 Å². The Bertz CT molecular complexity index is 1590. The van der Waals surface area contributed by atoms with Crippen LogP contribution in [0.25, 0.3) is 22.3 Å². The lowest BCUT2D eigenvalue weighted by Gasteiger charge is -2.04. The molecule has 4 nitrogen and oxygen atoms in total. The lowest BCUT2D eigenvalue weighted by molar-refractivity contribution is -0.400. The second-order valence-corrected chi connectivity index (χ2v) is 8.29. The minimum Gasteiger partial charge on any atom is -0.456 e. The summed E-state index contributed by atoms with van der Waals surface area (Å²) < 4.78 is 50.7. The van der Waals surface area contributed by atoms with Crippen molar-refractivity contribution in [3.63, 3.8) is 0 Å². The quantitative estimate of drug-likeness (QED) is 0.132. The van der Waals surface area contributed by atoms with Crippen molar-refractivity contribution in [2.75, 3.05) is 0 Å². The molecule has 38 heavy (non-hydrogen) atoms. The highest BCUT2D eigenvalue weighted by molar-refractivity contribution is 6.50. The van der Waals surface area contributed by atoms with Gasteiger partial charge in [0.1, 0.15) is 17.1 Å². The molecule has 0 saturated heterocycles. The number of benzene rings is 4. The lowest BCUT2D eigenvalue weighted by atomic mass is 10.1. The minimum absolute atomic E-state index is 0.376. The Morgan fingerprint density at radius 1 is 0.789 bits per heavy atom. The lowest BCUT2D eigenvalue weighted by Crippen LogP contribution is -2.70. The molecule has 0 amide bonds. The number of halogens is 4. The molecule has 4 aromatic carbocycles. The van der Waals surface area contributed by atoms with Crippen molar-refractivity contribution in [1.29, 1.82) is 0 Å². The van der Waals surface area contributed by atoms with E-state index in [9.17, 15) is 22.1 Å². The predicted octanol–water partition coefficient (Wildman–Crippen LogP) is 6.24. The Morgan fingerprint density at radius 2 is 1.39 bits per heavy atom. The number of carbonyl (C=O) groups is 1. The summed E-state index contributed by atoms with van der Waals surface area (Å²) in [5.41, 5.74) is 4.30. The van der Waals surface area contributed by atoms with Crippen LogP contribution in [0.5, 0.6) is 5.75 Å². The number of hydrogen-bond donors (Lipinski definition) is 1. The number of esters is 1. The Kier molecular flexibility index (Phi) is 8.06. The monoisotopic (exact) mass is 519 g/mol. The zero-order valence-corrected chi connectivity index (χ0v) is 20.2. The van der Waals surface area contributed by atoms with Gasteiger partial charge in [-0.1, -0.05) is 60.2 Å². The van der Waals surface area contributed by atoms with E-state index in [1.807, 2.05) is 91.9 Å². The third-order valence-electron chi connectivity index (χ3n) is 5.36. The Balaban J connectivity index is 0.000000617. The van der Waals surface area contributed by atoms with Gasteiger partial charge in [0.2, 0.25) is 11.0 Å². The highest BCUT2D eigenvalue weighted by Gasteiger charge is 2.20. The molecule has 0 unspecified atom stereocenters. The van der Waals surface area contributed by atoms with Crippen LogP contribution < -0.4 is 15.1 Å². The van der Waals surface area contributed by atoms with Crippen LogP contribution in [0.15, 0.2) is 114 Å². The fraction of sp³-hybridized carbons (Fsp3) is 0.0345. The second-order valence-electron chi connectivity index (χ2n) is 8.29. The smallest absolute Gasteiger partial charge is 0.456 e. The van der Waals surface area contributed by atoms with Crippen molar-refractivity contribution in [2.24, 2.45) is 0 Å². The van der Waals surface area contributed by atoms with E-state index in [1.165, 1.54) is 0 Å². The first-order chi connectivity index (χ1) is 18.2. The van der Waals surface area contributed by atoms with Gasteiger partial charge in [0.15, 0.2) is 0 Å². The Hall–Kier alpha value is -4.66. The Morgan fingerprint density at radius 3 is 2.05 bits per heavy atom. The molecule has 5 aromatic rings. The van der Waals surface area contributed by atoms with E-state index in [0.717, 1.165) is 38.9 Å². The molecule has 0 fully saturated rings. The van der Waals surface area contributed by atoms with Crippen molar-refractivity contribution in [2.45, 2.75) is 6.92 Å². The summed E-state index contributed by atoms with van der Waals surface area (Å²) in [5.74, 6) is 0.892. The van der Waals surface area contributed by atoms with Crippen LogP contribution in [-0.2, 0) is 0 Å². The highest BCUT2D eigenvalue weighted by atomic mass is 19.5. The Labute approximate surface area is 216 Å². The number of para-hydroxylation sites is 1. The van der Waals surface area contributed by atoms with Gasteiger partial charge in [-0.15, -0.1) is 0 Å². The number of hydrogen-bond acceptors (Lipinski definition) is 3. The molecule has 1 aromatic heterocycles. The first kappa shape index (κ1) is 26.4. The fourth-order valence-corrected chi connectivity index (χ4v) is 3.60. The van der Waals surface area contributed by atoms with Crippen LogP contribution in [0.3, 0.4) is 0 Å². The van der Waals surface area contributed by atoms with Gasteiger partial charge in [-0.05, 0) is 43.3 Å². The summed E-state index contributed by atoms with van der Waals surface area (Å²) >= 11 is 0. The van der Waals surface area contributed by atoms with Gasteiger partial charge in [0, 0.05) is 17.7 Å². The molecule has 0 aliphatic heterocycles. The van der Waals surface area contributed by atoms with Gasteiger partial charge in [-0.3, -0.25) is 0 Å². The first-order valence-electron chi connectivity index (χ1n) is 11.6. The van der Waals surface area contributed by atoms with Crippen LogP contribution in [0.4, 0.5) is 23.0 Å². The van der Waals surface area contributed by atoms with E-state index in [0.29, 0.717) is 11.3 Å². The summed E-state index contributed by atoms with van der Waals surface area (Å²) in [5, 5.41) is 1.91. The summed E-state index contributed by atoms with van der Waals surface area (Å²) in [6, 6.07) is 34.6. The molecule has 0 spiro atoms. The van der Waals surface area contributed by atoms with Gasteiger partial charge in [-0.2, -0.15) is 0 Å². The van der Waals surface area contributed by atoms with E-state index in [4.69, 9.17) is 9.15 Å². The van der Waals surface area contributed by atoms with Gasteiger partial charge < -0.3 is 26.4 Å². The summed E-state index contributed by atoms with van der Waals surface area (Å²) in [6.07, 6.45) is 0. The first-order valence-corrected chi connectivity index (χ1v) is 11.6. The van der Waals surface area contributed by atoms with Crippen LogP contribution in [0.1, 0.15) is 15.9 Å². The molecule has 0 aliphatic rings. The number of nitrogens with one attached hydrogen (secondary N) is 1. The zero-order valence-electron chi connectivity index (χ0n) is 20.2. The summed E-state index contributed by atoms with van der Waals surface area (Å²) in [6.45, 7) is 1.98. The maximum absolute atomic E-state index is 12.4. The number of fused-ring (bicyclic) bond motifs is 1. The van der Waals surface area contributed by atoms with Crippen molar-refractivity contribution < 1.29 is 36.2 Å². The number of aryl methyl sites for hydroxylation is 1. The average molecular weight is 519 g/mol.